The molecule has 0 unspecified atom stereocenters. The minimum atomic E-state index is -1.13. The summed E-state index contributed by atoms with van der Waals surface area (Å²) in [6.07, 6.45) is 4.63. The Bertz CT molecular complexity index is 1070. The van der Waals surface area contributed by atoms with Crippen molar-refractivity contribution in [2.45, 2.75) is 44.1 Å². The number of halogens is 1. The van der Waals surface area contributed by atoms with Gasteiger partial charge in [0.2, 0.25) is 0 Å². The van der Waals surface area contributed by atoms with Gasteiger partial charge in [-0.3, -0.25) is 4.79 Å². The van der Waals surface area contributed by atoms with Crippen LogP contribution in [0.3, 0.4) is 0 Å². The molecule has 3 fully saturated rings. The summed E-state index contributed by atoms with van der Waals surface area (Å²) in [7, 11) is 1.32. The van der Waals surface area contributed by atoms with Crippen LogP contribution in [0.4, 0.5) is 4.39 Å². The van der Waals surface area contributed by atoms with E-state index in [1.165, 1.54) is 24.8 Å². The van der Waals surface area contributed by atoms with Crippen molar-refractivity contribution in [2.75, 3.05) is 26.8 Å². The number of methoxy groups -OCH3 is 1. The van der Waals surface area contributed by atoms with Gasteiger partial charge in [0, 0.05) is 25.3 Å². The van der Waals surface area contributed by atoms with Gasteiger partial charge in [-0.1, -0.05) is 24.3 Å². The molecule has 5 rings (SSSR count). The first-order valence-electron chi connectivity index (χ1n) is 11.5. The van der Waals surface area contributed by atoms with Gasteiger partial charge in [-0.05, 0) is 66.7 Å². The predicted octanol–water partition coefficient (Wildman–Crippen LogP) is 4.47. The summed E-state index contributed by atoms with van der Waals surface area (Å²) in [5, 5.41) is 9.34. The standard InChI is InChI=1S/C26H28FNO5/c1-32-22-14-18(25(30)31)13-19(23(22)27)16-4-6-17(7-5-16)20-15-26(20)8-10-28(11-9-26)24(29)21-3-2-12-33-21/h4-7,13-14,20-21H,2-3,8-12,15H2,1H3,(H,30,31)/t20-,21+/m0/s1. The minimum Gasteiger partial charge on any atom is -0.494 e. The largest absolute Gasteiger partial charge is 0.494 e. The maximum absolute atomic E-state index is 14.8. The smallest absolute Gasteiger partial charge is 0.335 e. The number of amides is 1. The molecule has 7 heteroatoms. The molecule has 1 aliphatic carbocycles. The normalized spacial score (nSPS) is 23.5. The summed E-state index contributed by atoms with van der Waals surface area (Å²) >= 11 is 0. The highest BCUT2D eigenvalue weighted by atomic mass is 19.1. The van der Waals surface area contributed by atoms with Gasteiger partial charge in [0.1, 0.15) is 6.10 Å². The van der Waals surface area contributed by atoms with Gasteiger partial charge in [-0.15, -0.1) is 0 Å². The number of carbonyl (C=O) groups is 2. The fourth-order valence-corrected chi connectivity index (χ4v) is 5.49. The average Bonchev–Trinajstić information content (AvgIpc) is 3.25. The number of likely N-dealkylation sites (tertiary alicyclic amines) is 1. The topological polar surface area (TPSA) is 76.1 Å². The van der Waals surface area contributed by atoms with Crippen molar-refractivity contribution in [3.8, 4) is 16.9 Å². The molecule has 0 bridgehead atoms. The number of carbonyl (C=O) groups excluding carboxylic acids is 1. The molecule has 2 aromatic carbocycles. The molecule has 33 heavy (non-hydrogen) atoms. The fraction of sp³-hybridized carbons (Fsp3) is 0.462. The van der Waals surface area contributed by atoms with Gasteiger partial charge in [-0.25, -0.2) is 9.18 Å². The van der Waals surface area contributed by atoms with Gasteiger partial charge in [0.25, 0.3) is 5.91 Å². The molecule has 2 heterocycles. The number of nitrogens with zero attached hydrogens (tertiary/aromatic N) is 1. The van der Waals surface area contributed by atoms with Crippen LogP contribution in [-0.2, 0) is 9.53 Å². The molecule has 0 radical (unpaired) electrons. The lowest BCUT2D eigenvalue weighted by atomic mass is 9.88. The molecule has 2 atom stereocenters. The van der Waals surface area contributed by atoms with Crippen LogP contribution >= 0.6 is 0 Å². The Hall–Kier alpha value is -2.93. The van der Waals surface area contributed by atoms with E-state index in [9.17, 15) is 19.1 Å². The summed E-state index contributed by atoms with van der Waals surface area (Å²) < 4.78 is 25.4. The van der Waals surface area contributed by atoms with Crippen molar-refractivity contribution in [3.63, 3.8) is 0 Å². The number of rotatable bonds is 5. The van der Waals surface area contributed by atoms with E-state index < -0.39 is 11.8 Å². The quantitative estimate of drug-likeness (QED) is 0.723. The summed E-state index contributed by atoms with van der Waals surface area (Å²) in [5.41, 5.74) is 2.26. The number of piperidine rings is 1. The van der Waals surface area contributed by atoms with E-state index in [2.05, 4.69) is 0 Å². The Balaban J connectivity index is 1.28. The van der Waals surface area contributed by atoms with Crippen molar-refractivity contribution in [2.24, 2.45) is 5.41 Å². The molecule has 1 N–H and O–H groups in total. The summed E-state index contributed by atoms with van der Waals surface area (Å²) in [4.78, 5) is 26.0. The second-order valence-electron chi connectivity index (χ2n) is 9.41. The van der Waals surface area contributed by atoms with Crippen LogP contribution in [-0.4, -0.2) is 54.8 Å². The Labute approximate surface area is 192 Å². The SMILES string of the molecule is COc1cc(C(=O)O)cc(-c2ccc([C@@H]3CC34CCN(C(=O)[C@H]3CCCO3)CC4)cc2)c1F. The first-order chi connectivity index (χ1) is 15.9. The van der Waals surface area contributed by atoms with E-state index in [1.54, 1.807) is 0 Å². The third kappa shape index (κ3) is 3.99. The van der Waals surface area contributed by atoms with Crippen LogP contribution in [0.15, 0.2) is 36.4 Å². The van der Waals surface area contributed by atoms with Crippen molar-refractivity contribution < 1.29 is 28.6 Å². The lowest BCUT2D eigenvalue weighted by Gasteiger charge is -2.34. The first-order valence-corrected chi connectivity index (χ1v) is 11.5. The third-order valence-corrected chi connectivity index (χ3v) is 7.60. The highest BCUT2D eigenvalue weighted by Gasteiger charge is 2.55. The number of benzene rings is 2. The molecule has 6 nitrogen and oxygen atoms in total. The zero-order chi connectivity index (χ0) is 23.2. The Morgan fingerprint density at radius 1 is 1.18 bits per heavy atom. The van der Waals surface area contributed by atoms with Crippen molar-refractivity contribution in [1.82, 2.24) is 4.90 Å². The third-order valence-electron chi connectivity index (χ3n) is 7.60. The molecule has 3 aliphatic rings. The van der Waals surface area contributed by atoms with Crippen LogP contribution in [0.25, 0.3) is 11.1 Å². The average molecular weight is 454 g/mol. The van der Waals surface area contributed by atoms with E-state index in [0.717, 1.165) is 45.2 Å². The number of aromatic carboxylic acids is 1. The lowest BCUT2D eigenvalue weighted by molar-refractivity contribution is -0.142. The van der Waals surface area contributed by atoms with E-state index in [4.69, 9.17) is 9.47 Å². The van der Waals surface area contributed by atoms with Crippen molar-refractivity contribution in [1.29, 1.82) is 0 Å². The van der Waals surface area contributed by atoms with Gasteiger partial charge >= 0.3 is 5.97 Å². The molecule has 2 saturated heterocycles. The number of hydrogen-bond acceptors (Lipinski definition) is 4. The molecule has 2 aromatic rings. The molecule has 0 aromatic heterocycles. The van der Waals surface area contributed by atoms with Crippen LogP contribution in [0, 0.1) is 11.2 Å². The summed E-state index contributed by atoms with van der Waals surface area (Å²) in [6, 6.07) is 10.3. The Morgan fingerprint density at radius 2 is 1.91 bits per heavy atom. The van der Waals surface area contributed by atoms with Crippen LogP contribution in [0.5, 0.6) is 5.75 Å². The maximum Gasteiger partial charge on any atom is 0.335 e. The van der Waals surface area contributed by atoms with Crippen LogP contribution in [0.2, 0.25) is 0 Å². The second-order valence-corrected chi connectivity index (χ2v) is 9.41. The minimum absolute atomic E-state index is 0.0159. The van der Waals surface area contributed by atoms with E-state index >= 15 is 0 Å². The van der Waals surface area contributed by atoms with E-state index in [1.807, 2.05) is 29.2 Å². The lowest BCUT2D eigenvalue weighted by Crippen LogP contribution is -2.44. The summed E-state index contributed by atoms with van der Waals surface area (Å²) in [6.45, 7) is 2.24. The number of hydrogen-bond donors (Lipinski definition) is 1. The van der Waals surface area contributed by atoms with E-state index in [-0.39, 0.29) is 34.3 Å². The number of carboxylic acid groups (broad SMARTS) is 1. The van der Waals surface area contributed by atoms with Gasteiger partial charge in [0.05, 0.1) is 12.7 Å². The number of carboxylic acids is 1. The Morgan fingerprint density at radius 3 is 2.52 bits per heavy atom. The highest BCUT2D eigenvalue weighted by Crippen LogP contribution is 2.65. The highest BCUT2D eigenvalue weighted by molar-refractivity contribution is 5.90. The zero-order valence-corrected chi connectivity index (χ0v) is 18.7. The van der Waals surface area contributed by atoms with Gasteiger partial charge in [-0.2, -0.15) is 0 Å². The maximum atomic E-state index is 14.8. The van der Waals surface area contributed by atoms with Crippen LogP contribution in [0.1, 0.15) is 53.9 Å². The number of ether oxygens (including phenoxy) is 2. The monoisotopic (exact) mass is 453 g/mol. The second kappa shape index (κ2) is 8.45. The van der Waals surface area contributed by atoms with Crippen molar-refractivity contribution in [3.05, 3.63) is 53.3 Å². The molecular formula is C26H28FNO5. The Kier molecular flexibility index (Phi) is 5.60. The molecule has 1 amide bonds. The van der Waals surface area contributed by atoms with E-state index in [0.29, 0.717) is 18.1 Å². The zero-order valence-electron chi connectivity index (χ0n) is 18.7. The van der Waals surface area contributed by atoms with Gasteiger partial charge in [0.15, 0.2) is 11.6 Å². The first kappa shape index (κ1) is 21.9. The van der Waals surface area contributed by atoms with Crippen molar-refractivity contribution >= 4 is 11.9 Å². The molecule has 1 saturated carbocycles. The molecule has 2 aliphatic heterocycles. The summed E-state index contributed by atoms with van der Waals surface area (Å²) in [5.74, 6) is -1.20. The molecule has 174 valence electrons. The van der Waals surface area contributed by atoms with Gasteiger partial charge < -0.3 is 19.5 Å². The molecular weight excluding hydrogens is 425 g/mol. The fourth-order valence-electron chi connectivity index (χ4n) is 5.49. The predicted molar refractivity (Wildman–Crippen MR) is 120 cm³/mol. The molecule has 1 spiro atoms. The van der Waals surface area contributed by atoms with Crippen LogP contribution < -0.4 is 4.74 Å².